The van der Waals surface area contributed by atoms with E-state index in [9.17, 15) is 4.79 Å². The van der Waals surface area contributed by atoms with Gasteiger partial charge in [0, 0.05) is 12.3 Å². The van der Waals surface area contributed by atoms with Crippen LogP contribution in [0, 0.1) is 0 Å². The molecule has 3 nitrogen and oxygen atoms in total. The largest absolute Gasteiger partial charge is 0.287 e. The van der Waals surface area contributed by atoms with Crippen LogP contribution in [-0.4, -0.2) is 9.55 Å². The Morgan fingerprint density at radius 1 is 1.12 bits per heavy atom. The highest BCUT2D eigenvalue weighted by Crippen LogP contribution is 2.27. The molecule has 5 heteroatoms. The van der Waals surface area contributed by atoms with Crippen molar-refractivity contribution >= 4 is 44.1 Å². The Kier molecular flexibility index (Phi) is 4.12. The minimum absolute atomic E-state index is 0.0675. The van der Waals surface area contributed by atoms with Crippen molar-refractivity contribution in [3.8, 4) is 0 Å². The first-order chi connectivity index (χ1) is 11.8. The van der Waals surface area contributed by atoms with E-state index in [0.717, 1.165) is 21.1 Å². The van der Waals surface area contributed by atoms with E-state index in [-0.39, 0.29) is 5.56 Å². The maximum Gasteiger partial charge on any atom is 0.272 e. The van der Waals surface area contributed by atoms with Crippen LogP contribution in [0.3, 0.4) is 0 Å². The van der Waals surface area contributed by atoms with Crippen molar-refractivity contribution < 1.29 is 0 Å². The van der Waals surface area contributed by atoms with Gasteiger partial charge in [-0.3, -0.25) is 9.36 Å². The summed E-state index contributed by atoms with van der Waals surface area (Å²) in [5, 5.41) is 5.22. The summed E-state index contributed by atoms with van der Waals surface area (Å²) in [4.78, 5) is 17.3. The Balaban J connectivity index is 1.73. The lowest BCUT2D eigenvalue weighted by molar-refractivity contribution is 0.635. The van der Waals surface area contributed by atoms with Gasteiger partial charge in [-0.25, -0.2) is 4.98 Å². The van der Waals surface area contributed by atoms with E-state index in [1.54, 1.807) is 16.3 Å². The molecule has 4 aromatic rings. The second-order valence-corrected chi connectivity index (χ2v) is 7.36. The van der Waals surface area contributed by atoms with Crippen LogP contribution in [0.15, 0.2) is 63.9 Å². The number of thiophene rings is 1. The molecule has 120 valence electrons. The number of benzene rings is 2. The normalized spacial score (nSPS) is 11.4. The Morgan fingerprint density at radius 3 is 2.83 bits per heavy atom. The molecule has 24 heavy (non-hydrogen) atoms. The minimum atomic E-state index is 0.0675. The number of fused-ring (bicyclic) bond motifs is 2. The van der Waals surface area contributed by atoms with E-state index in [0.29, 0.717) is 6.54 Å². The molecule has 0 amide bonds. The Labute approximate surface area is 148 Å². The molecule has 2 aromatic carbocycles. The van der Waals surface area contributed by atoms with Gasteiger partial charge in [-0.2, -0.15) is 0 Å². The SMILES string of the molecule is CCn1c(SCc2cccc3ccccc23)nc2ccsc2c1=O. The summed E-state index contributed by atoms with van der Waals surface area (Å²) in [5.41, 5.74) is 2.13. The quantitative estimate of drug-likeness (QED) is 0.386. The summed E-state index contributed by atoms with van der Waals surface area (Å²) in [7, 11) is 0. The average Bonchev–Trinajstić information content (AvgIpc) is 3.09. The number of nitrogens with zero attached hydrogens (tertiary/aromatic N) is 2. The molecule has 0 radical (unpaired) electrons. The van der Waals surface area contributed by atoms with Crippen LogP contribution in [0.4, 0.5) is 0 Å². The second kappa shape index (κ2) is 6.42. The lowest BCUT2D eigenvalue weighted by Crippen LogP contribution is -2.21. The van der Waals surface area contributed by atoms with Gasteiger partial charge in [-0.1, -0.05) is 54.2 Å². The first-order valence-electron chi connectivity index (χ1n) is 7.85. The zero-order valence-corrected chi connectivity index (χ0v) is 14.9. The molecule has 0 aliphatic rings. The average molecular weight is 352 g/mol. The fourth-order valence-electron chi connectivity index (χ4n) is 2.87. The molecule has 0 bridgehead atoms. The fraction of sp³-hybridized carbons (Fsp3) is 0.158. The smallest absolute Gasteiger partial charge is 0.272 e. The van der Waals surface area contributed by atoms with E-state index in [4.69, 9.17) is 4.98 Å². The van der Waals surface area contributed by atoms with Gasteiger partial charge in [0.1, 0.15) is 4.70 Å². The highest BCUT2D eigenvalue weighted by Gasteiger charge is 2.12. The maximum absolute atomic E-state index is 12.6. The Morgan fingerprint density at radius 2 is 1.96 bits per heavy atom. The topological polar surface area (TPSA) is 34.9 Å². The lowest BCUT2D eigenvalue weighted by atomic mass is 10.1. The predicted octanol–water partition coefficient (Wildman–Crippen LogP) is 4.92. The summed E-state index contributed by atoms with van der Waals surface area (Å²) in [5.74, 6) is 0.795. The molecule has 0 saturated carbocycles. The van der Waals surface area contributed by atoms with Crippen LogP contribution in [0.25, 0.3) is 21.0 Å². The molecular weight excluding hydrogens is 336 g/mol. The molecule has 0 unspecified atom stereocenters. The zero-order valence-electron chi connectivity index (χ0n) is 13.2. The number of rotatable bonds is 4. The molecule has 0 fully saturated rings. The third kappa shape index (κ3) is 2.64. The molecule has 0 atom stereocenters. The van der Waals surface area contributed by atoms with Gasteiger partial charge in [0.05, 0.1) is 5.52 Å². The van der Waals surface area contributed by atoms with Crippen molar-refractivity contribution in [1.29, 1.82) is 0 Å². The van der Waals surface area contributed by atoms with Crippen LogP contribution in [0.1, 0.15) is 12.5 Å². The zero-order chi connectivity index (χ0) is 16.5. The van der Waals surface area contributed by atoms with Crippen LogP contribution < -0.4 is 5.56 Å². The molecule has 2 aromatic heterocycles. The number of hydrogen-bond acceptors (Lipinski definition) is 4. The van der Waals surface area contributed by atoms with Gasteiger partial charge >= 0.3 is 0 Å². The summed E-state index contributed by atoms with van der Waals surface area (Å²) < 4.78 is 2.51. The highest BCUT2D eigenvalue weighted by atomic mass is 32.2. The first kappa shape index (κ1) is 15.4. The number of hydrogen-bond donors (Lipinski definition) is 0. The summed E-state index contributed by atoms with van der Waals surface area (Å²) in [6.07, 6.45) is 0. The third-order valence-electron chi connectivity index (χ3n) is 4.08. The molecule has 0 saturated heterocycles. The van der Waals surface area contributed by atoms with Gasteiger partial charge in [-0.15, -0.1) is 11.3 Å². The van der Waals surface area contributed by atoms with Crippen molar-refractivity contribution in [1.82, 2.24) is 9.55 Å². The van der Waals surface area contributed by atoms with E-state index < -0.39 is 0 Å². The number of aromatic nitrogens is 2. The van der Waals surface area contributed by atoms with E-state index in [1.165, 1.54) is 27.7 Å². The van der Waals surface area contributed by atoms with Gasteiger partial charge < -0.3 is 0 Å². The molecule has 0 aliphatic heterocycles. The van der Waals surface area contributed by atoms with E-state index in [2.05, 4.69) is 42.5 Å². The lowest BCUT2D eigenvalue weighted by Gasteiger charge is -2.11. The van der Waals surface area contributed by atoms with Gasteiger partial charge in [0.15, 0.2) is 5.16 Å². The van der Waals surface area contributed by atoms with Crippen molar-refractivity contribution in [2.45, 2.75) is 24.4 Å². The van der Waals surface area contributed by atoms with Gasteiger partial charge in [0.2, 0.25) is 0 Å². The molecular formula is C19H16N2OS2. The number of thioether (sulfide) groups is 1. The van der Waals surface area contributed by atoms with Crippen LogP contribution in [0.2, 0.25) is 0 Å². The monoisotopic (exact) mass is 352 g/mol. The van der Waals surface area contributed by atoms with Gasteiger partial charge in [-0.05, 0) is 34.7 Å². The molecule has 0 aliphatic carbocycles. The van der Waals surface area contributed by atoms with Crippen molar-refractivity contribution in [3.63, 3.8) is 0 Å². The summed E-state index contributed by atoms with van der Waals surface area (Å²) >= 11 is 3.09. The maximum atomic E-state index is 12.6. The van der Waals surface area contributed by atoms with Gasteiger partial charge in [0.25, 0.3) is 5.56 Å². The van der Waals surface area contributed by atoms with E-state index >= 15 is 0 Å². The van der Waals surface area contributed by atoms with Crippen LogP contribution in [-0.2, 0) is 12.3 Å². The molecule has 4 rings (SSSR count). The molecule has 2 heterocycles. The fourth-order valence-corrected chi connectivity index (χ4v) is 4.72. The predicted molar refractivity (Wildman–Crippen MR) is 103 cm³/mol. The standard InChI is InChI=1S/C19H16N2OS2/c1-2-21-18(22)17-16(10-11-23-17)20-19(21)24-12-14-8-5-7-13-6-3-4-9-15(13)14/h3-11H,2,12H2,1H3. The molecule has 0 N–H and O–H groups in total. The highest BCUT2D eigenvalue weighted by molar-refractivity contribution is 7.98. The Bertz CT molecular complexity index is 1080. The van der Waals surface area contributed by atoms with Crippen LogP contribution >= 0.6 is 23.1 Å². The van der Waals surface area contributed by atoms with Crippen LogP contribution in [0.5, 0.6) is 0 Å². The molecule has 0 spiro atoms. The summed E-state index contributed by atoms with van der Waals surface area (Å²) in [6, 6.07) is 16.7. The van der Waals surface area contributed by atoms with E-state index in [1.807, 2.05) is 18.4 Å². The minimum Gasteiger partial charge on any atom is -0.287 e. The van der Waals surface area contributed by atoms with Crippen molar-refractivity contribution in [3.05, 3.63) is 69.8 Å². The van der Waals surface area contributed by atoms with Crippen molar-refractivity contribution in [2.24, 2.45) is 0 Å². The third-order valence-corrected chi connectivity index (χ3v) is 6.00. The first-order valence-corrected chi connectivity index (χ1v) is 9.72. The second-order valence-electron chi connectivity index (χ2n) is 5.51. The Hall–Kier alpha value is -2.11. The summed E-state index contributed by atoms with van der Waals surface area (Å²) in [6.45, 7) is 2.63. The van der Waals surface area contributed by atoms with Crippen molar-refractivity contribution in [2.75, 3.05) is 0 Å².